The first-order valence-corrected chi connectivity index (χ1v) is 28.0. The van der Waals surface area contributed by atoms with Crippen molar-refractivity contribution in [3.63, 3.8) is 0 Å². The van der Waals surface area contributed by atoms with Crippen LogP contribution in [0.1, 0.15) is 19.3 Å². The Morgan fingerprint density at radius 2 is 0.731 bits per heavy atom. The van der Waals surface area contributed by atoms with Crippen molar-refractivity contribution in [3.05, 3.63) is 204 Å². The molecule has 0 saturated heterocycles. The maximum atomic E-state index is 5.88. The predicted octanol–water partition coefficient (Wildman–Crippen LogP) is 12.3. The summed E-state index contributed by atoms with van der Waals surface area (Å²) in [5.74, 6) is 0. The molecule has 1 aliphatic carbocycles. The number of rotatable bonds is 6. The topological polar surface area (TPSA) is 0 Å². The van der Waals surface area contributed by atoms with Gasteiger partial charge in [-0.1, -0.05) is 182 Å². The molecular weight excluding hydrogens is 1030 g/mol. The quantitative estimate of drug-likeness (QED) is 0.115. The second-order valence-corrected chi connectivity index (χ2v) is 24.8. The van der Waals surface area contributed by atoms with E-state index in [4.69, 9.17) is 23.2 Å². The molecule has 0 heterocycles. The molecule has 52 heavy (non-hydrogen) atoms. The molecule has 0 nitrogen and oxygen atoms in total. The molecule has 0 saturated carbocycles. The summed E-state index contributed by atoms with van der Waals surface area (Å²) in [4.78, 5) is 0. The second kappa shape index (κ2) is 25.6. The molecule has 0 amide bonds. The molecule has 0 radical (unpaired) electrons. The van der Waals surface area contributed by atoms with Gasteiger partial charge in [0.1, 0.15) is 0 Å². The Balaban J connectivity index is 0.000000174. The zero-order chi connectivity index (χ0) is 36.8. The fourth-order valence-electron chi connectivity index (χ4n) is 5.29. The predicted molar refractivity (Wildman–Crippen MR) is 234 cm³/mol. The Labute approximate surface area is 355 Å². The maximum absolute atomic E-state index is 5.88. The number of hydrogen-bond acceptors (Lipinski definition) is 0. The van der Waals surface area contributed by atoms with E-state index in [-0.39, 0.29) is 0 Å². The van der Waals surface area contributed by atoms with Gasteiger partial charge in [0, 0.05) is 0 Å². The van der Waals surface area contributed by atoms with E-state index in [2.05, 4.69) is 228 Å². The van der Waals surface area contributed by atoms with Crippen molar-refractivity contribution >= 4 is 97.7 Å². The van der Waals surface area contributed by atoms with Gasteiger partial charge in [0.15, 0.2) is 0 Å². The number of hydrogen-bond donors (Lipinski definition) is 0. The molecule has 0 aromatic heterocycles. The van der Waals surface area contributed by atoms with Crippen molar-refractivity contribution in [3.8, 4) is 0 Å². The van der Waals surface area contributed by atoms with Crippen LogP contribution < -0.4 is 31.8 Å². The van der Waals surface area contributed by atoms with Gasteiger partial charge in [-0.3, -0.25) is 0 Å². The molecule has 0 spiro atoms. The van der Waals surface area contributed by atoms with Crippen LogP contribution in [0.4, 0.5) is 0 Å². The minimum atomic E-state index is -0.446. The number of halogens is 4. The summed E-state index contributed by atoms with van der Waals surface area (Å²) in [5.41, 5.74) is 0. The molecular formula is C44H39Br2Cl2P2Pd2. The van der Waals surface area contributed by atoms with Gasteiger partial charge in [0.25, 0.3) is 0 Å². The molecule has 0 aliphatic heterocycles. The molecule has 273 valence electrons. The Morgan fingerprint density at radius 3 is 0.981 bits per heavy atom. The van der Waals surface area contributed by atoms with Gasteiger partial charge in [-0.15, -0.1) is 0 Å². The standard InChI is InChI=1S/2C18H15P.C8H9Cl2.2BrH.2Pd/c2*1-4-10-16(11-5-1)19(17-12-6-2-7-13-17)18-14-8-3-9-15-18;9-7-5-3-1-2-4-6-8(7)10;;;;/h2*1-15H;1,3,5H,2,4,6H2;2*1H;;/q;;;;;;+2/p-2/b;;5-3-,8-7-;;;;. The van der Waals surface area contributed by atoms with Gasteiger partial charge < -0.3 is 0 Å². The van der Waals surface area contributed by atoms with Crippen LogP contribution in [-0.4, -0.2) is 0 Å². The van der Waals surface area contributed by atoms with Crippen LogP contribution in [0.2, 0.25) is 4.39 Å². The Bertz CT molecular complexity index is 1580. The summed E-state index contributed by atoms with van der Waals surface area (Å²) in [6.45, 7) is 0. The first-order chi connectivity index (χ1) is 25.5. The molecule has 8 heteroatoms. The van der Waals surface area contributed by atoms with Crippen LogP contribution in [0.15, 0.2) is 204 Å². The first-order valence-electron chi connectivity index (χ1n) is 16.6. The molecule has 0 N–H and O–H groups in total. The summed E-state index contributed by atoms with van der Waals surface area (Å²) >= 11 is 21.8. The van der Waals surface area contributed by atoms with E-state index in [0.29, 0.717) is 23.4 Å². The zero-order valence-electron chi connectivity index (χ0n) is 28.2. The summed E-state index contributed by atoms with van der Waals surface area (Å²) in [7, 11) is -0.892. The van der Waals surface area contributed by atoms with Crippen molar-refractivity contribution in [1.82, 2.24) is 0 Å². The van der Waals surface area contributed by atoms with Crippen molar-refractivity contribution in [2.45, 2.75) is 23.7 Å². The number of benzene rings is 6. The smallest absolute Gasteiger partial charge is 0.0134 e. The fourth-order valence-corrected chi connectivity index (χ4v) is 10.7. The van der Waals surface area contributed by atoms with Gasteiger partial charge in [0.05, 0.1) is 0 Å². The minimum absolute atomic E-state index is 0.446. The van der Waals surface area contributed by atoms with E-state index in [0.717, 1.165) is 24.3 Å². The van der Waals surface area contributed by atoms with E-state index in [1.165, 1.54) is 31.8 Å². The van der Waals surface area contributed by atoms with Crippen molar-refractivity contribution in [1.29, 1.82) is 0 Å². The fraction of sp³-hybridized carbons (Fsp3) is 0.0909. The molecule has 0 bridgehead atoms. The number of allylic oxidation sites excluding steroid dienone is 4. The zero-order valence-corrected chi connectivity index (χ0v) is 37.8. The summed E-state index contributed by atoms with van der Waals surface area (Å²) in [6, 6.07) is 64.7. The Hall–Kier alpha value is -1.48. The van der Waals surface area contributed by atoms with Gasteiger partial charge in [0.2, 0.25) is 0 Å². The van der Waals surface area contributed by atoms with Gasteiger partial charge in [-0.05, 0) is 47.7 Å². The molecule has 0 fully saturated rings. The van der Waals surface area contributed by atoms with E-state index in [9.17, 15) is 0 Å². The average Bonchev–Trinajstić information content (AvgIpc) is 3.20. The van der Waals surface area contributed by atoms with Crippen LogP contribution in [0.5, 0.6) is 0 Å². The second-order valence-electron chi connectivity index (χ2n) is 11.2. The average molecular weight is 1070 g/mol. The largest absolute Gasteiger partial charge is 0.0622 e. The SMILES string of the molecule is ClC1=C(\Cl)CCC[CH]([Pd])/C=C\1.[Br][Pd][Br].c1ccc(P(c2ccccc2)c2ccccc2)cc1.c1ccc(P(c2ccccc2)c2ccccc2)cc1. The molecule has 1 unspecified atom stereocenters. The van der Waals surface area contributed by atoms with Crippen molar-refractivity contribution in [2.75, 3.05) is 0 Å². The van der Waals surface area contributed by atoms with Crippen LogP contribution >= 0.6 is 65.9 Å². The molecule has 6 aromatic rings. The first kappa shape index (κ1) is 43.3. The Kier molecular flexibility index (Phi) is 21.3. The van der Waals surface area contributed by atoms with Crippen LogP contribution in [0, 0.1) is 0 Å². The molecule has 6 aromatic carbocycles. The van der Waals surface area contributed by atoms with Crippen molar-refractivity contribution < 1.29 is 33.1 Å². The summed E-state index contributed by atoms with van der Waals surface area (Å²) in [5, 5.41) is 9.86. The van der Waals surface area contributed by atoms with Crippen LogP contribution in [-0.2, 0) is 33.1 Å². The normalized spacial score (nSPS) is 15.8. The molecule has 1 aliphatic rings. The van der Waals surface area contributed by atoms with E-state index in [1.807, 2.05) is 12.2 Å². The molecule has 1 atom stereocenters. The van der Waals surface area contributed by atoms with Gasteiger partial charge >= 0.3 is 129 Å². The van der Waals surface area contributed by atoms with Crippen molar-refractivity contribution in [2.24, 2.45) is 0 Å². The third-order valence-corrected chi connectivity index (χ3v) is 14.1. The van der Waals surface area contributed by atoms with E-state index >= 15 is 0 Å². The van der Waals surface area contributed by atoms with Crippen LogP contribution in [0.25, 0.3) is 0 Å². The Morgan fingerprint density at radius 1 is 0.481 bits per heavy atom. The molecule has 7 rings (SSSR count). The van der Waals surface area contributed by atoms with Gasteiger partial charge in [-0.25, -0.2) is 0 Å². The summed E-state index contributed by atoms with van der Waals surface area (Å²) in [6.07, 6.45) is 7.06. The third kappa shape index (κ3) is 15.0. The van der Waals surface area contributed by atoms with E-state index in [1.54, 1.807) is 0 Å². The van der Waals surface area contributed by atoms with E-state index < -0.39 is 15.8 Å². The van der Waals surface area contributed by atoms with Crippen LogP contribution in [0.3, 0.4) is 0 Å². The summed E-state index contributed by atoms with van der Waals surface area (Å²) < 4.78 is 0.483. The van der Waals surface area contributed by atoms with Gasteiger partial charge in [-0.2, -0.15) is 0 Å². The monoisotopic (exact) mass is 1070 g/mol. The minimum Gasteiger partial charge on any atom is -0.0622 e. The third-order valence-electron chi connectivity index (χ3n) is 7.64. The maximum Gasteiger partial charge on any atom is -0.0134 e.